The summed E-state index contributed by atoms with van der Waals surface area (Å²) in [5.41, 5.74) is 0. The fourth-order valence-corrected chi connectivity index (χ4v) is 1.54. The molecule has 1 N–H and O–H groups in total. The fraction of sp³-hybridized carbons (Fsp3) is 0.875. The predicted molar refractivity (Wildman–Crippen MR) is 59.5 cm³/mol. The monoisotopic (exact) mass is 284 g/mol. The SMILES string of the molecule is CC(C)N(C(=O)NCI)C(C)C. The van der Waals surface area contributed by atoms with Gasteiger partial charge in [-0.1, -0.05) is 22.6 Å². The van der Waals surface area contributed by atoms with E-state index in [1.54, 1.807) is 0 Å². The van der Waals surface area contributed by atoms with Gasteiger partial charge in [-0.2, -0.15) is 0 Å². The lowest BCUT2D eigenvalue weighted by molar-refractivity contribution is 0.167. The number of urea groups is 1. The van der Waals surface area contributed by atoms with Crippen molar-refractivity contribution in [3.05, 3.63) is 0 Å². The van der Waals surface area contributed by atoms with Crippen molar-refractivity contribution in [3.63, 3.8) is 0 Å². The van der Waals surface area contributed by atoms with E-state index in [2.05, 4.69) is 27.9 Å². The molecule has 0 atom stereocenters. The largest absolute Gasteiger partial charge is 0.329 e. The van der Waals surface area contributed by atoms with Crippen molar-refractivity contribution in [2.24, 2.45) is 0 Å². The lowest BCUT2D eigenvalue weighted by Crippen LogP contribution is -2.47. The summed E-state index contributed by atoms with van der Waals surface area (Å²) in [5.74, 6) is 0. The van der Waals surface area contributed by atoms with Crippen LogP contribution in [0, 0.1) is 0 Å². The molecular formula is C8H17IN2O. The lowest BCUT2D eigenvalue weighted by atomic mass is 10.2. The smallest absolute Gasteiger partial charge is 0.318 e. The van der Waals surface area contributed by atoms with Crippen molar-refractivity contribution < 1.29 is 4.79 Å². The minimum atomic E-state index is 0.0226. The summed E-state index contributed by atoms with van der Waals surface area (Å²) in [5, 5.41) is 2.78. The van der Waals surface area contributed by atoms with Crippen LogP contribution in [-0.4, -0.2) is 27.6 Å². The minimum absolute atomic E-state index is 0.0226. The molecule has 0 aromatic heterocycles. The minimum Gasteiger partial charge on any atom is -0.329 e. The fourth-order valence-electron chi connectivity index (χ4n) is 1.21. The van der Waals surface area contributed by atoms with Crippen LogP contribution >= 0.6 is 22.6 Å². The molecule has 0 aliphatic rings. The Hall–Kier alpha value is 0. The van der Waals surface area contributed by atoms with E-state index >= 15 is 0 Å². The van der Waals surface area contributed by atoms with Gasteiger partial charge in [0.05, 0.1) is 4.55 Å². The highest BCUT2D eigenvalue weighted by Gasteiger charge is 2.18. The summed E-state index contributed by atoms with van der Waals surface area (Å²) in [7, 11) is 0. The summed E-state index contributed by atoms with van der Waals surface area (Å²) in [6.45, 7) is 8.08. The predicted octanol–water partition coefficient (Wildman–Crippen LogP) is 2.21. The Bertz CT molecular complexity index is 140. The lowest BCUT2D eigenvalue weighted by Gasteiger charge is -2.30. The normalized spacial score (nSPS) is 10.6. The summed E-state index contributed by atoms with van der Waals surface area (Å²) in [6, 6.07) is 0.537. The molecule has 4 heteroatoms. The molecule has 3 nitrogen and oxygen atoms in total. The first-order chi connectivity index (χ1) is 5.50. The van der Waals surface area contributed by atoms with Crippen LogP contribution in [0.5, 0.6) is 0 Å². The Balaban J connectivity index is 4.20. The number of halogens is 1. The average Bonchev–Trinajstić information content (AvgIpc) is 1.85. The molecule has 0 aromatic carbocycles. The molecule has 0 aliphatic carbocycles. The second-order valence-corrected chi connectivity index (χ2v) is 3.97. The van der Waals surface area contributed by atoms with E-state index in [1.807, 2.05) is 32.6 Å². The van der Waals surface area contributed by atoms with Crippen LogP contribution in [-0.2, 0) is 0 Å². The number of carbonyl (C=O) groups is 1. The van der Waals surface area contributed by atoms with Gasteiger partial charge in [-0.05, 0) is 27.7 Å². The first-order valence-electron chi connectivity index (χ1n) is 4.12. The molecule has 0 radical (unpaired) electrons. The van der Waals surface area contributed by atoms with Gasteiger partial charge in [-0.25, -0.2) is 4.79 Å². The molecule has 0 aliphatic heterocycles. The maximum Gasteiger partial charge on any atom is 0.318 e. The third-order valence-electron chi connectivity index (χ3n) is 1.57. The van der Waals surface area contributed by atoms with Crippen LogP contribution in [0.1, 0.15) is 27.7 Å². The Morgan fingerprint density at radius 1 is 1.33 bits per heavy atom. The Labute approximate surface area is 88.0 Å². The van der Waals surface area contributed by atoms with E-state index in [9.17, 15) is 4.79 Å². The molecule has 0 spiro atoms. The molecule has 72 valence electrons. The Morgan fingerprint density at radius 2 is 1.75 bits per heavy atom. The molecule has 2 amide bonds. The van der Waals surface area contributed by atoms with Gasteiger partial charge in [-0.15, -0.1) is 0 Å². The van der Waals surface area contributed by atoms with Crippen molar-refractivity contribution in [3.8, 4) is 0 Å². The topological polar surface area (TPSA) is 32.3 Å². The van der Waals surface area contributed by atoms with Crippen molar-refractivity contribution in [2.75, 3.05) is 4.55 Å². The molecule has 0 rings (SSSR count). The first-order valence-corrected chi connectivity index (χ1v) is 5.65. The van der Waals surface area contributed by atoms with Gasteiger partial charge >= 0.3 is 6.03 Å². The van der Waals surface area contributed by atoms with Gasteiger partial charge in [0.25, 0.3) is 0 Å². The van der Waals surface area contributed by atoms with Gasteiger partial charge in [0, 0.05) is 12.1 Å². The number of rotatable bonds is 3. The molecule has 0 aromatic rings. The quantitative estimate of drug-likeness (QED) is 0.481. The molecule has 12 heavy (non-hydrogen) atoms. The number of nitrogens with zero attached hydrogens (tertiary/aromatic N) is 1. The zero-order chi connectivity index (χ0) is 9.72. The van der Waals surface area contributed by atoms with Crippen LogP contribution in [0.25, 0.3) is 0 Å². The maximum atomic E-state index is 11.4. The number of alkyl halides is 1. The summed E-state index contributed by atoms with van der Waals surface area (Å²) in [6.07, 6.45) is 0. The van der Waals surface area contributed by atoms with Crippen LogP contribution in [0.15, 0.2) is 0 Å². The number of carbonyl (C=O) groups excluding carboxylic acids is 1. The van der Waals surface area contributed by atoms with Crippen molar-refractivity contribution in [1.29, 1.82) is 0 Å². The van der Waals surface area contributed by atoms with E-state index in [1.165, 1.54) is 0 Å². The molecule has 0 unspecified atom stereocenters. The van der Waals surface area contributed by atoms with E-state index in [4.69, 9.17) is 0 Å². The highest BCUT2D eigenvalue weighted by Crippen LogP contribution is 2.04. The zero-order valence-electron chi connectivity index (χ0n) is 8.10. The van der Waals surface area contributed by atoms with Gasteiger partial charge < -0.3 is 10.2 Å². The maximum absolute atomic E-state index is 11.4. The Morgan fingerprint density at radius 3 is 2.00 bits per heavy atom. The van der Waals surface area contributed by atoms with Gasteiger partial charge in [0.15, 0.2) is 0 Å². The third kappa shape index (κ3) is 3.60. The highest BCUT2D eigenvalue weighted by molar-refractivity contribution is 14.1. The van der Waals surface area contributed by atoms with E-state index in [-0.39, 0.29) is 18.1 Å². The van der Waals surface area contributed by atoms with Gasteiger partial charge in [0.1, 0.15) is 0 Å². The van der Waals surface area contributed by atoms with E-state index in [0.717, 1.165) is 0 Å². The molecule has 0 saturated carbocycles. The van der Waals surface area contributed by atoms with Crippen LogP contribution in [0.2, 0.25) is 0 Å². The van der Waals surface area contributed by atoms with Gasteiger partial charge in [0.2, 0.25) is 0 Å². The second-order valence-electron chi connectivity index (χ2n) is 3.21. The summed E-state index contributed by atoms with van der Waals surface area (Å²) < 4.78 is 0.659. The molecular weight excluding hydrogens is 267 g/mol. The van der Waals surface area contributed by atoms with E-state index in [0.29, 0.717) is 4.55 Å². The highest BCUT2D eigenvalue weighted by atomic mass is 127. The summed E-state index contributed by atoms with van der Waals surface area (Å²) in [4.78, 5) is 13.3. The van der Waals surface area contributed by atoms with Crippen LogP contribution in [0.4, 0.5) is 4.79 Å². The standard InChI is InChI=1S/C8H17IN2O/c1-6(2)11(7(3)4)8(12)10-5-9/h6-7H,5H2,1-4H3,(H,10,12). The number of hydrogen-bond acceptors (Lipinski definition) is 1. The first kappa shape index (κ1) is 12.0. The molecule has 0 heterocycles. The summed E-state index contributed by atoms with van der Waals surface area (Å²) >= 11 is 2.12. The molecule has 0 fully saturated rings. The molecule has 0 bridgehead atoms. The molecule has 0 saturated heterocycles. The van der Waals surface area contributed by atoms with Crippen molar-refractivity contribution >= 4 is 28.6 Å². The number of hydrogen-bond donors (Lipinski definition) is 1. The van der Waals surface area contributed by atoms with Crippen molar-refractivity contribution in [1.82, 2.24) is 10.2 Å². The van der Waals surface area contributed by atoms with E-state index < -0.39 is 0 Å². The van der Waals surface area contributed by atoms with Crippen molar-refractivity contribution in [2.45, 2.75) is 39.8 Å². The van der Waals surface area contributed by atoms with Crippen LogP contribution < -0.4 is 5.32 Å². The average molecular weight is 284 g/mol. The Kier molecular flexibility index (Phi) is 5.61. The third-order valence-corrected chi connectivity index (χ3v) is 1.95. The second kappa shape index (κ2) is 5.61. The van der Waals surface area contributed by atoms with Gasteiger partial charge in [-0.3, -0.25) is 0 Å². The number of amides is 2. The number of nitrogens with one attached hydrogen (secondary N) is 1. The zero-order valence-corrected chi connectivity index (χ0v) is 10.3. The van der Waals surface area contributed by atoms with Crippen LogP contribution in [0.3, 0.4) is 0 Å².